The molecule has 0 aliphatic carbocycles. The Morgan fingerprint density at radius 3 is 2.94 bits per heavy atom. The second-order valence-corrected chi connectivity index (χ2v) is 8.81. The number of hydrogen-bond donors (Lipinski definition) is 2. The number of amides is 2. The minimum absolute atomic E-state index is 0.0597. The molecule has 12 nitrogen and oxygen atoms in total. The van der Waals surface area contributed by atoms with E-state index in [1.165, 1.54) is 37.7 Å². The predicted molar refractivity (Wildman–Crippen MR) is 109 cm³/mol. The maximum atomic E-state index is 12.7. The van der Waals surface area contributed by atoms with Crippen LogP contribution in [0, 0.1) is 0 Å². The number of carboxylic acids is 1. The fraction of sp³-hybridized carbons (Fsp3) is 0.353. The van der Waals surface area contributed by atoms with Crippen LogP contribution >= 0.6 is 23.5 Å². The van der Waals surface area contributed by atoms with Crippen molar-refractivity contribution in [2.24, 2.45) is 7.05 Å². The second-order valence-electron chi connectivity index (χ2n) is 6.76. The zero-order chi connectivity index (χ0) is 22.1. The summed E-state index contributed by atoms with van der Waals surface area (Å²) in [5.74, 6) is -1.40. The molecular formula is C17H17N7O5S2. The molecular weight excluding hydrogens is 446 g/mol. The number of nitrogens with one attached hydrogen (secondary N) is 1. The van der Waals surface area contributed by atoms with E-state index in [0.717, 1.165) is 0 Å². The molecule has 2 aliphatic rings. The first-order chi connectivity index (χ1) is 14.9. The third-order valence-corrected chi connectivity index (χ3v) is 7.26. The monoisotopic (exact) mass is 463 g/mol. The number of carbonyl (C=O) groups excluding carboxylic acids is 3. The van der Waals surface area contributed by atoms with Crippen LogP contribution in [0.15, 0.2) is 34.8 Å². The third-order valence-electron chi connectivity index (χ3n) is 4.82. The van der Waals surface area contributed by atoms with E-state index in [0.29, 0.717) is 34.2 Å². The lowest BCUT2D eigenvalue weighted by molar-refractivity contribution is -0.150. The highest BCUT2D eigenvalue weighted by Crippen LogP contribution is 2.41. The predicted octanol–water partition coefficient (Wildman–Crippen LogP) is -0.645. The fourth-order valence-corrected chi connectivity index (χ4v) is 5.68. The number of thioether (sulfide) groups is 2. The first kappa shape index (κ1) is 21.1. The molecule has 0 spiro atoms. The number of hydrogen-bond acceptors (Lipinski definition) is 9. The Bertz CT molecular complexity index is 1090. The van der Waals surface area contributed by atoms with Gasteiger partial charge in [0, 0.05) is 24.8 Å². The van der Waals surface area contributed by atoms with E-state index in [-0.39, 0.29) is 12.2 Å². The molecule has 2 aromatic rings. The molecule has 2 N–H and O–H groups in total. The van der Waals surface area contributed by atoms with Crippen molar-refractivity contribution in [1.29, 1.82) is 0 Å². The van der Waals surface area contributed by atoms with Crippen LogP contribution in [0.25, 0.3) is 0 Å². The van der Waals surface area contributed by atoms with E-state index < -0.39 is 29.2 Å². The molecule has 0 aromatic carbocycles. The van der Waals surface area contributed by atoms with Gasteiger partial charge in [0.25, 0.3) is 5.91 Å². The number of fused-ring (bicyclic) bond motifs is 1. The molecule has 0 unspecified atom stereocenters. The Morgan fingerprint density at radius 1 is 1.45 bits per heavy atom. The quantitative estimate of drug-likeness (QED) is 0.293. The number of tetrazole rings is 1. The summed E-state index contributed by atoms with van der Waals surface area (Å²) < 4.78 is 2.95. The molecule has 2 aliphatic heterocycles. The number of β-lactam (4-membered cyclic amide) rings is 1. The maximum Gasteiger partial charge on any atom is 0.352 e. The highest BCUT2D eigenvalue weighted by Gasteiger charge is 2.54. The van der Waals surface area contributed by atoms with E-state index in [9.17, 15) is 24.3 Å². The molecule has 4 heterocycles. The number of carbonyl (C=O) groups is 4. The third kappa shape index (κ3) is 3.95. The SMILES string of the molecule is Cn1nnnc1SCC1=C(C(=O)O)N2C(=O)[C@@H](NC(=O)Cn3cccc3C=O)[C@H]2SC1. The average molecular weight is 464 g/mol. The Labute approximate surface area is 184 Å². The first-order valence-corrected chi connectivity index (χ1v) is 11.1. The second kappa shape index (κ2) is 8.55. The van der Waals surface area contributed by atoms with E-state index in [1.807, 2.05) is 0 Å². The molecule has 0 bridgehead atoms. The lowest BCUT2D eigenvalue weighted by Gasteiger charge is -2.49. The van der Waals surface area contributed by atoms with Gasteiger partial charge >= 0.3 is 5.97 Å². The minimum Gasteiger partial charge on any atom is -0.477 e. The van der Waals surface area contributed by atoms with Gasteiger partial charge in [0.15, 0.2) is 6.29 Å². The van der Waals surface area contributed by atoms with E-state index in [4.69, 9.17) is 0 Å². The van der Waals surface area contributed by atoms with Crippen LogP contribution in [-0.4, -0.2) is 81.8 Å². The lowest BCUT2D eigenvalue weighted by Crippen LogP contribution is -2.70. The highest BCUT2D eigenvalue weighted by molar-refractivity contribution is 8.01. The van der Waals surface area contributed by atoms with Gasteiger partial charge in [0.2, 0.25) is 11.1 Å². The number of aryl methyl sites for hydroxylation is 1. The van der Waals surface area contributed by atoms with Crippen molar-refractivity contribution in [1.82, 2.24) is 35.0 Å². The summed E-state index contributed by atoms with van der Waals surface area (Å²) in [6.45, 7) is -0.114. The van der Waals surface area contributed by atoms with Crippen LogP contribution in [0.1, 0.15) is 10.5 Å². The molecule has 4 rings (SSSR count). The molecule has 0 saturated carbocycles. The van der Waals surface area contributed by atoms with Crippen molar-refractivity contribution in [3.05, 3.63) is 35.3 Å². The number of aliphatic carboxylic acids is 1. The Morgan fingerprint density at radius 2 is 2.26 bits per heavy atom. The van der Waals surface area contributed by atoms with Gasteiger partial charge in [-0.15, -0.1) is 16.9 Å². The summed E-state index contributed by atoms with van der Waals surface area (Å²) >= 11 is 2.67. The number of carboxylic acid groups (broad SMARTS) is 1. The molecule has 31 heavy (non-hydrogen) atoms. The van der Waals surface area contributed by atoms with Crippen molar-refractivity contribution in [3.8, 4) is 0 Å². The van der Waals surface area contributed by atoms with E-state index in [1.54, 1.807) is 25.4 Å². The molecule has 2 aromatic heterocycles. The summed E-state index contributed by atoms with van der Waals surface area (Å²) in [4.78, 5) is 49.2. The minimum atomic E-state index is -1.20. The van der Waals surface area contributed by atoms with Crippen molar-refractivity contribution in [2.75, 3.05) is 11.5 Å². The smallest absolute Gasteiger partial charge is 0.352 e. The van der Waals surface area contributed by atoms with Gasteiger partial charge in [-0.2, -0.15) is 0 Å². The normalized spacial score (nSPS) is 20.3. The number of aldehydes is 1. The Balaban J connectivity index is 1.44. The van der Waals surface area contributed by atoms with Gasteiger partial charge < -0.3 is 15.0 Å². The number of rotatable bonds is 8. The van der Waals surface area contributed by atoms with Crippen molar-refractivity contribution < 1.29 is 24.3 Å². The zero-order valence-electron chi connectivity index (χ0n) is 16.2. The molecule has 0 radical (unpaired) electrons. The molecule has 1 saturated heterocycles. The standard InChI is InChI=1S/C17H17N7O5S2/c1-22-17(19-20-21-22)31-8-9-7-30-15-12(14(27)24(15)13(9)16(28)29)18-11(26)5-23-4-2-3-10(23)6-25/h2-4,6,12,15H,5,7-8H2,1H3,(H,18,26)(H,28,29)/t12-,15-/m1/s1. The molecule has 2 amide bonds. The largest absolute Gasteiger partial charge is 0.477 e. The van der Waals surface area contributed by atoms with Crippen LogP contribution in [-0.2, 0) is 28.0 Å². The zero-order valence-corrected chi connectivity index (χ0v) is 17.8. The molecule has 2 atom stereocenters. The van der Waals surface area contributed by atoms with Crippen LogP contribution < -0.4 is 5.32 Å². The Hall–Kier alpha value is -3.13. The number of nitrogens with zero attached hydrogens (tertiary/aromatic N) is 6. The van der Waals surface area contributed by atoms with Crippen LogP contribution in [0.2, 0.25) is 0 Å². The molecule has 162 valence electrons. The average Bonchev–Trinajstić information content (AvgIpc) is 3.37. The maximum absolute atomic E-state index is 12.7. The van der Waals surface area contributed by atoms with Crippen LogP contribution in [0.3, 0.4) is 0 Å². The highest BCUT2D eigenvalue weighted by atomic mass is 32.2. The summed E-state index contributed by atoms with van der Waals surface area (Å²) in [6, 6.07) is 2.40. The van der Waals surface area contributed by atoms with E-state index in [2.05, 4.69) is 20.8 Å². The van der Waals surface area contributed by atoms with Gasteiger partial charge in [0.1, 0.15) is 23.7 Å². The first-order valence-electron chi connectivity index (χ1n) is 9.05. The summed E-state index contributed by atoms with van der Waals surface area (Å²) in [7, 11) is 1.68. The van der Waals surface area contributed by atoms with Crippen LogP contribution in [0.5, 0.6) is 0 Å². The summed E-state index contributed by atoms with van der Waals surface area (Å²) in [5.41, 5.74) is 0.874. The van der Waals surface area contributed by atoms with Crippen LogP contribution in [0.4, 0.5) is 0 Å². The lowest BCUT2D eigenvalue weighted by atomic mass is 10.0. The van der Waals surface area contributed by atoms with Crippen molar-refractivity contribution in [3.63, 3.8) is 0 Å². The Kier molecular flexibility index (Phi) is 5.82. The van der Waals surface area contributed by atoms with Gasteiger partial charge in [0.05, 0.1) is 5.69 Å². The summed E-state index contributed by atoms with van der Waals surface area (Å²) in [6.07, 6.45) is 2.23. The van der Waals surface area contributed by atoms with Gasteiger partial charge in [-0.1, -0.05) is 11.8 Å². The molecule has 1 fully saturated rings. The van der Waals surface area contributed by atoms with Gasteiger partial charge in [-0.3, -0.25) is 19.3 Å². The van der Waals surface area contributed by atoms with Crippen molar-refractivity contribution >= 4 is 47.6 Å². The van der Waals surface area contributed by atoms with Crippen molar-refractivity contribution in [2.45, 2.75) is 23.1 Å². The molecule has 14 heteroatoms. The van der Waals surface area contributed by atoms with Gasteiger partial charge in [-0.25, -0.2) is 9.48 Å². The number of aromatic nitrogens is 5. The van der Waals surface area contributed by atoms with Gasteiger partial charge in [-0.05, 0) is 28.1 Å². The summed E-state index contributed by atoms with van der Waals surface area (Å²) in [5, 5.41) is 23.5. The van der Waals surface area contributed by atoms with E-state index >= 15 is 0 Å². The fourth-order valence-electron chi connectivity index (χ4n) is 3.34. The topological polar surface area (TPSA) is 152 Å².